The average Bonchev–Trinajstić information content (AvgIpc) is 2.97. The fourth-order valence-electron chi connectivity index (χ4n) is 2.30. The van der Waals surface area contributed by atoms with Crippen molar-refractivity contribution >= 4 is 29.3 Å². The molecule has 22 heavy (non-hydrogen) atoms. The number of ether oxygens (including phenoxy) is 1. The van der Waals surface area contributed by atoms with Gasteiger partial charge in [-0.2, -0.15) is 0 Å². The molecule has 0 saturated carbocycles. The van der Waals surface area contributed by atoms with E-state index < -0.39 is 6.04 Å². The minimum Gasteiger partial charge on any atom is -0.381 e. The van der Waals surface area contributed by atoms with Gasteiger partial charge < -0.3 is 15.0 Å². The van der Waals surface area contributed by atoms with E-state index in [0.717, 1.165) is 11.3 Å². The molecule has 1 aliphatic rings. The number of hydrogen-bond acceptors (Lipinski definition) is 4. The van der Waals surface area contributed by atoms with E-state index in [1.807, 2.05) is 38.1 Å². The molecule has 1 aromatic carbocycles. The SMILES string of the molecule is CCOCCC(=O)N1CSCC1C(=O)Nc1cccc(C)c1. The smallest absolute Gasteiger partial charge is 0.248 e. The van der Waals surface area contributed by atoms with E-state index in [9.17, 15) is 9.59 Å². The Hall–Kier alpha value is -1.53. The molecule has 1 atom stereocenters. The zero-order valence-electron chi connectivity index (χ0n) is 13.0. The quantitative estimate of drug-likeness (QED) is 0.816. The van der Waals surface area contributed by atoms with Gasteiger partial charge in [0.1, 0.15) is 6.04 Å². The highest BCUT2D eigenvalue weighted by Gasteiger charge is 2.34. The summed E-state index contributed by atoms with van der Waals surface area (Å²) in [5, 5.41) is 2.90. The first-order valence-electron chi connectivity index (χ1n) is 7.44. The van der Waals surface area contributed by atoms with Gasteiger partial charge in [0, 0.05) is 18.0 Å². The number of aryl methyl sites for hydroxylation is 1. The Balaban J connectivity index is 1.94. The predicted octanol–water partition coefficient (Wildman–Crippen LogP) is 2.26. The molecule has 120 valence electrons. The van der Waals surface area contributed by atoms with Gasteiger partial charge in [-0.3, -0.25) is 9.59 Å². The lowest BCUT2D eigenvalue weighted by atomic mass is 10.2. The van der Waals surface area contributed by atoms with E-state index in [2.05, 4.69) is 5.32 Å². The number of amides is 2. The fourth-order valence-corrected chi connectivity index (χ4v) is 3.48. The van der Waals surface area contributed by atoms with Gasteiger partial charge in [0.05, 0.1) is 18.9 Å². The van der Waals surface area contributed by atoms with Crippen molar-refractivity contribution in [1.82, 2.24) is 4.90 Å². The molecule has 0 aliphatic carbocycles. The van der Waals surface area contributed by atoms with Crippen LogP contribution in [0.1, 0.15) is 18.9 Å². The van der Waals surface area contributed by atoms with Gasteiger partial charge in [0.15, 0.2) is 0 Å². The van der Waals surface area contributed by atoms with Crippen molar-refractivity contribution in [2.75, 3.05) is 30.2 Å². The largest absolute Gasteiger partial charge is 0.381 e. The van der Waals surface area contributed by atoms with E-state index in [-0.39, 0.29) is 11.8 Å². The van der Waals surface area contributed by atoms with Crippen molar-refractivity contribution in [3.05, 3.63) is 29.8 Å². The minimum atomic E-state index is -0.403. The summed E-state index contributed by atoms with van der Waals surface area (Å²) in [5.74, 6) is 1.05. The fraction of sp³-hybridized carbons (Fsp3) is 0.500. The van der Waals surface area contributed by atoms with Gasteiger partial charge in [-0.15, -0.1) is 11.8 Å². The molecule has 1 aliphatic heterocycles. The molecule has 0 radical (unpaired) electrons. The standard InChI is InChI=1S/C16H22N2O3S/c1-3-21-8-7-15(19)18-11-22-10-14(18)16(20)17-13-6-4-5-12(2)9-13/h4-6,9,14H,3,7-8,10-11H2,1-2H3,(H,17,20). The molecule has 2 amide bonds. The van der Waals surface area contributed by atoms with E-state index >= 15 is 0 Å². The third-order valence-electron chi connectivity index (χ3n) is 3.46. The predicted molar refractivity (Wildman–Crippen MR) is 88.9 cm³/mol. The Labute approximate surface area is 135 Å². The van der Waals surface area contributed by atoms with Crippen LogP contribution < -0.4 is 5.32 Å². The van der Waals surface area contributed by atoms with E-state index in [0.29, 0.717) is 31.3 Å². The summed E-state index contributed by atoms with van der Waals surface area (Å²) in [4.78, 5) is 26.3. The molecule has 0 bridgehead atoms. The summed E-state index contributed by atoms with van der Waals surface area (Å²) in [6, 6.07) is 7.25. The molecule has 1 fully saturated rings. The highest BCUT2D eigenvalue weighted by Crippen LogP contribution is 2.23. The van der Waals surface area contributed by atoms with Crippen LogP contribution >= 0.6 is 11.8 Å². The number of hydrogen-bond donors (Lipinski definition) is 1. The molecular weight excluding hydrogens is 300 g/mol. The van der Waals surface area contributed by atoms with Crippen molar-refractivity contribution in [3.63, 3.8) is 0 Å². The van der Waals surface area contributed by atoms with Crippen LogP contribution in [0.25, 0.3) is 0 Å². The number of carbonyl (C=O) groups is 2. The van der Waals surface area contributed by atoms with Gasteiger partial charge in [-0.05, 0) is 31.5 Å². The van der Waals surface area contributed by atoms with E-state index in [1.54, 1.807) is 16.7 Å². The highest BCUT2D eigenvalue weighted by molar-refractivity contribution is 7.99. The monoisotopic (exact) mass is 322 g/mol. The molecule has 6 heteroatoms. The molecule has 1 unspecified atom stereocenters. The first kappa shape index (κ1) is 16.8. The first-order valence-corrected chi connectivity index (χ1v) is 8.59. The Kier molecular flexibility index (Phi) is 6.27. The van der Waals surface area contributed by atoms with Crippen LogP contribution in [0.3, 0.4) is 0 Å². The summed E-state index contributed by atoms with van der Waals surface area (Å²) in [5.41, 5.74) is 1.85. The van der Waals surface area contributed by atoms with Crippen molar-refractivity contribution < 1.29 is 14.3 Å². The second-order valence-corrected chi connectivity index (χ2v) is 6.18. The molecule has 0 aromatic heterocycles. The number of nitrogens with zero attached hydrogens (tertiary/aromatic N) is 1. The zero-order chi connectivity index (χ0) is 15.9. The highest BCUT2D eigenvalue weighted by atomic mass is 32.2. The lowest BCUT2D eigenvalue weighted by Crippen LogP contribution is -2.44. The topological polar surface area (TPSA) is 58.6 Å². The van der Waals surface area contributed by atoms with Crippen LogP contribution in [0, 0.1) is 6.92 Å². The maximum atomic E-state index is 12.4. The maximum Gasteiger partial charge on any atom is 0.248 e. The van der Waals surface area contributed by atoms with Crippen LogP contribution in [-0.2, 0) is 14.3 Å². The summed E-state index contributed by atoms with van der Waals surface area (Å²) in [6.07, 6.45) is 0.322. The first-order chi connectivity index (χ1) is 10.6. The van der Waals surface area contributed by atoms with Crippen LogP contribution in [0.4, 0.5) is 5.69 Å². The average molecular weight is 322 g/mol. The molecule has 5 nitrogen and oxygen atoms in total. The third-order valence-corrected chi connectivity index (χ3v) is 4.47. The summed E-state index contributed by atoms with van der Waals surface area (Å²) in [6.45, 7) is 4.88. The van der Waals surface area contributed by atoms with E-state index in [4.69, 9.17) is 4.74 Å². The Bertz CT molecular complexity index is 536. The van der Waals surface area contributed by atoms with Gasteiger partial charge in [0.25, 0.3) is 0 Å². The maximum absolute atomic E-state index is 12.4. The number of nitrogens with one attached hydrogen (secondary N) is 1. The summed E-state index contributed by atoms with van der Waals surface area (Å²) < 4.78 is 5.21. The lowest BCUT2D eigenvalue weighted by Gasteiger charge is -2.23. The van der Waals surface area contributed by atoms with Crippen LogP contribution in [-0.4, -0.2) is 47.6 Å². The van der Waals surface area contributed by atoms with Gasteiger partial charge in [-0.25, -0.2) is 0 Å². The number of rotatable bonds is 6. The number of thioether (sulfide) groups is 1. The molecular formula is C16H22N2O3S. The molecule has 1 aromatic rings. The van der Waals surface area contributed by atoms with Crippen molar-refractivity contribution in [3.8, 4) is 0 Å². The number of benzene rings is 1. The van der Waals surface area contributed by atoms with Gasteiger partial charge in [0.2, 0.25) is 11.8 Å². The molecule has 1 saturated heterocycles. The summed E-state index contributed by atoms with van der Waals surface area (Å²) >= 11 is 1.60. The minimum absolute atomic E-state index is 0.0251. The number of carbonyl (C=O) groups excluding carboxylic acids is 2. The molecule has 1 N–H and O–H groups in total. The van der Waals surface area contributed by atoms with E-state index in [1.165, 1.54) is 0 Å². The molecule has 0 spiro atoms. The van der Waals surface area contributed by atoms with Crippen molar-refractivity contribution in [1.29, 1.82) is 0 Å². The number of anilines is 1. The Morgan fingerprint density at radius 1 is 1.45 bits per heavy atom. The lowest BCUT2D eigenvalue weighted by molar-refractivity contribution is -0.137. The second kappa shape index (κ2) is 8.19. The second-order valence-electron chi connectivity index (χ2n) is 5.18. The molecule has 1 heterocycles. The third kappa shape index (κ3) is 4.48. The molecule has 2 rings (SSSR count). The normalized spacial score (nSPS) is 17.5. The van der Waals surface area contributed by atoms with Crippen molar-refractivity contribution in [2.24, 2.45) is 0 Å². The van der Waals surface area contributed by atoms with Gasteiger partial charge in [-0.1, -0.05) is 12.1 Å². The van der Waals surface area contributed by atoms with Crippen LogP contribution in [0.15, 0.2) is 24.3 Å². The zero-order valence-corrected chi connectivity index (χ0v) is 13.8. The van der Waals surface area contributed by atoms with Crippen LogP contribution in [0.2, 0.25) is 0 Å². The van der Waals surface area contributed by atoms with Crippen LogP contribution in [0.5, 0.6) is 0 Å². The van der Waals surface area contributed by atoms with Crippen molar-refractivity contribution in [2.45, 2.75) is 26.3 Å². The van der Waals surface area contributed by atoms with Gasteiger partial charge >= 0.3 is 0 Å². The summed E-state index contributed by atoms with van der Waals surface area (Å²) in [7, 11) is 0. The Morgan fingerprint density at radius 2 is 2.27 bits per heavy atom. The Morgan fingerprint density at radius 3 is 3.00 bits per heavy atom.